The van der Waals surface area contributed by atoms with Gasteiger partial charge in [-0.05, 0) is 30.7 Å². The van der Waals surface area contributed by atoms with E-state index in [0.717, 1.165) is 19.2 Å². The number of methoxy groups -OCH3 is 1. The summed E-state index contributed by atoms with van der Waals surface area (Å²) < 4.78 is 41.9. The molecule has 0 radical (unpaired) electrons. The third-order valence-electron chi connectivity index (χ3n) is 3.02. The van der Waals surface area contributed by atoms with Crippen LogP contribution in [-0.2, 0) is 11.3 Å². The largest absolute Gasteiger partial charge is 0.513 e. The molecule has 2 aromatic rings. The number of halogens is 3. The third kappa shape index (κ3) is 4.10. The molecule has 4 nitrogen and oxygen atoms in total. The number of hydrogen-bond donors (Lipinski definition) is 0. The Morgan fingerprint density at radius 3 is 2.61 bits per heavy atom. The fraction of sp³-hybridized carbons (Fsp3) is 0.188. The summed E-state index contributed by atoms with van der Waals surface area (Å²) in [5.41, 5.74) is 0.474. The molecule has 23 heavy (non-hydrogen) atoms. The quantitative estimate of drug-likeness (QED) is 0.599. The van der Waals surface area contributed by atoms with Gasteiger partial charge in [-0.2, -0.15) is 0 Å². The van der Waals surface area contributed by atoms with Crippen molar-refractivity contribution in [1.82, 2.24) is 0 Å². The molecule has 0 amide bonds. The van der Waals surface area contributed by atoms with Crippen LogP contribution >= 0.6 is 11.6 Å². The zero-order valence-corrected chi connectivity index (χ0v) is 13.1. The van der Waals surface area contributed by atoms with Gasteiger partial charge in [0.15, 0.2) is 11.6 Å². The van der Waals surface area contributed by atoms with Gasteiger partial charge >= 0.3 is 6.16 Å². The van der Waals surface area contributed by atoms with E-state index in [1.807, 2.05) is 0 Å². The van der Waals surface area contributed by atoms with E-state index in [4.69, 9.17) is 21.1 Å². The molecule has 7 heteroatoms. The first-order valence-electron chi connectivity index (χ1n) is 6.54. The van der Waals surface area contributed by atoms with Gasteiger partial charge < -0.3 is 14.2 Å². The maximum Gasteiger partial charge on any atom is 0.513 e. The number of carbonyl (C=O) groups excluding carboxylic acids is 1. The van der Waals surface area contributed by atoms with Crippen molar-refractivity contribution in [3.05, 3.63) is 58.1 Å². The van der Waals surface area contributed by atoms with E-state index in [1.54, 1.807) is 12.1 Å². The van der Waals surface area contributed by atoms with Crippen LogP contribution in [0.5, 0.6) is 11.5 Å². The monoisotopic (exact) mass is 342 g/mol. The highest BCUT2D eigenvalue weighted by atomic mass is 35.5. The highest BCUT2D eigenvalue weighted by Gasteiger charge is 2.15. The number of benzene rings is 2. The molecule has 0 spiro atoms. The van der Waals surface area contributed by atoms with Gasteiger partial charge in [-0.25, -0.2) is 13.6 Å². The molecule has 0 heterocycles. The summed E-state index contributed by atoms with van der Waals surface area (Å²) in [5, 5.41) is 0.249. The van der Waals surface area contributed by atoms with Gasteiger partial charge in [0.05, 0.1) is 17.7 Å². The molecule has 0 saturated heterocycles. The number of ether oxygens (including phenoxy) is 3. The van der Waals surface area contributed by atoms with Crippen LogP contribution < -0.4 is 9.47 Å². The molecule has 0 bridgehead atoms. The standard InChI is InChI=1S/C16H13ClF2O4/c1-9-6-13(19)15(7-12(9)18)22-8-10-11(17)4-3-5-14(10)23-16(20)21-2/h3-7H,8H2,1-2H3. The minimum atomic E-state index is -0.930. The first-order valence-corrected chi connectivity index (χ1v) is 6.91. The smallest absolute Gasteiger partial charge is 0.486 e. The first-order chi connectivity index (χ1) is 10.9. The number of aryl methyl sites for hydroxylation is 1. The summed E-state index contributed by atoms with van der Waals surface area (Å²) in [7, 11) is 1.16. The Morgan fingerprint density at radius 2 is 1.91 bits per heavy atom. The highest BCUT2D eigenvalue weighted by Crippen LogP contribution is 2.29. The molecule has 0 fully saturated rings. The van der Waals surface area contributed by atoms with Gasteiger partial charge in [0, 0.05) is 6.07 Å². The number of hydrogen-bond acceptors (Lipinski definition) is 4. The Bertz CT molecular complexity index is 734. The minimum absolute atomic E-state index is 0.109. The summed E-state index contributed by atoms with van der Waals surface area (Å²) >= 11 is 6.04. The molecule has 0 aliphatic carbocycles. The van der Waals surface area contributed by atoms with Crippen molar-refractivity contribution in [2.24, 2.45) is 0 Å². The SMILES string of the molecule is COC(=O)Oc1cccc(Cl)c1COc1cc(F)c(C)cc1F. The third-order valence-corrected chi connectivity index (χ3v) is 3.38. The van der Waals surface area contributed by atoms with Gasteiger partial charge in [-0.1, -0.05) is 17.7 Å². The molecule has 0 atom stereocenters. The molecular formula is C16H13ClF2O4. The van der Waals surface area contributed by atoms with Crippen molar-refractivity contribution in [3.8, 4) is 11.5 Å². The number of carbonyl (C=O) groups is 1. The van der Waals surface area contributed by atoms with E-state index < -0.39 is 17.8 Å². The predicted octanol–water partition coefficient (Wildman–Crippen LogP) is 4.65. The molecule has 0 aromatic heterocycles. The lowest BCUT2D eigenvalue weighted by Crippen LogP contribution is -2.10. The van der Waals surface area contributed by atoms with Crippen LogP contribution in [0.25, 0.3) is 0 Å². The Morgan fingerprint density at radius 1 is 1.17 bits per heavy atom. The summed E-state index contributed by atoms with van der Waals surface area (Å²) in [5.74, 6) is -1.45. The fourth-order valence-corrected chi connectivity index (χ4v) is 2.01. The molecule has 2 rings (SSSR count). The Labute approximate surface area is 136 Å². The van der Waals surface area contributed by atoms with E-state index in [1.165, 1.54) is 13.0 Å². The lowest BCUT2D eigenvalue weighted by molar-refractivity contribution is 0.120. The van der Waals surface area contributed by atoms with Gasteiger partial charge in [-0.3, -0.25) is 0 Å². The molecule has 0 unspecified atom stereocenters. The maximum atomic E-state index is 13.8. The topological polar surface area (TPSA) is 44.8 Å². The van der Waals surface area contributed by atoms with Crippen molar-refractivity contribution in [2.45, 2.75) is 13.5 Å². The fourth-order valence-electron chi connectivity index (χ4n) is 1.79. The van der Waals surface area contributed by atoms with E-state index in [0.29, 0.717) is 5.56 Å². The average molecular weight is 343 g/mol. The zero-order valence-electron chi connectivity index (χ0n) is 12.4. The Kier molecular flexibility index (Phi) is 5.39. The second-order valence-corrected chi connectivity index (χ2v) is 5.00. The maximum absolute atomic E-state index is 13.8. The number of rotatable bonds is 4. The summed E-state index contributed by atoms with van der Waals surface area (Å²) in [6.07, 6.45) is -0.930. The van der Waals surface area contributed by atoms with E-state index in [-0.39, 0.29) is 28.7 Å². The van der Waals surface area contributed by atoms with Gasteiger partial charge in [-0.15, -0.1) is 0 Å². The first kappa shape index (κ1) is 17.0. The molecule has 122 valence electrons. The van der Waals surface area contributed by atoms with Gasteiger partial charge in [0.1, 0.15) is 18.2 Å². The molecule has 0 aliphatic rings. The molecule has 0 saturated carbocycles. The Balaban J connectivity index is 2.23. The molecule has 0 aliphatic heterocycles. The van der Waals surface area contributed by atoms with Gasteiger partial charge in [0.25, 0.3) is 0 Å². The van der Waals surface area contributed by atoms with E-state index in [2.05, 4.69) is 4.74 Å². The Hall–Kier alpha value is -2.34. The predicted molar refractivity (Wildman–Crippen MR) is 79.9 cm³/mol. The van der Waals surface area contributed by atoms with Crippen molar-refractivity contribution in [1.29, 1.82) is 0 Å². The van der Waals surface area contributed by atoms with Crippen LogP contribution in [0.2, 0.25) is 5.02 Å². The van der Waals surface area contributed by atoms with Crippen molar-refractivity contribution >= 4 is 17.8 Å². The second-order valence-electron chi connectivity index (χ2n) is 4.59. The summed E-state index contributed by atoms with van der Waals surface area (Å²) in [6, 6.07) is 6.58. The minimum Gasteiger partial charge on any atom is -0.486 e. The van der Waals surface area contributed by atoms with Crippen molar-refractivity contribution in [3.63, 3.8) is 0 Å². The van der Waals surface area contributed by atoms with Crippen LogP contribution in [-0.4, -0.2) is 13.3 Å². The lowest BCUT2D eigenvalue weighted by atomic mass is 10.2. The van der Waals surface area contributed by atoms with Crippen LogP contribution in [0.1, 0.15) is 11.1 Å². The van der Waals surface area contributed by atoms with Crippen LogP contribution in [0.4, 0.5) is 13.6 Å². The van der Waals surface area contributed by atoms with E-state index >= 15 is 0 Å². The lowest BCUT2D eigenvalue weighted by Gasteiger charge is -2.13. The molecule has 0 N–H and O–H groups in total. The van der Waals surface area contributed by atoms with Crippen LogP contribution in [0, 0.1) is 18.6 Å². The zero-order chi connectivity index (χ0) is 17.0. The summed E-state index contributed by atoms with van der Waals surface area (Å²) in [6.45, 7) is 1.23. The average Bonchev–Trinajstić information content (AvgIpc) is 2.51. The normalized spacial score (nSPS) is 10.3. The van der Waals surface area contributed by atoms with Crippen molar-refractivity contribution < 1.29 is 27.8 Å². The summed E-state index contributed by atoms with van der Waals surface area (Å²) in [4.78, 5) is 11.2. The van der Waals surface area contributed by atoms with Crippen LogP contribution in [0.15, 0.2) is 30.3 Å². The van der Waals surface area contributed by atoms with Gasteiger partial charge in [0.2, 0.25) is 0 Å². The molecule has 2 aromatic carbocycles. The highest BCUT2D eigenvalue weighted by molar-refractivity contribution is 6.31. The van der Waals surface area contributed by atoms with E-state index in [9.17, 15) is 13.6 Å². The molecular weight excluding hydrogens is 330 g/mol. The van der Waals surface area contributed by atoms with Crippen LogP contribution in [0.3, 0.4) is 0 Å². The second kappa shape index (κ2) is 7.28. The van der Waals surface area contributed by atoms with Crippen molar-refractivity contribution in [2.75, 3.05) is 7.11 Å².